The minimum absolute atomic E-state index is 1.29. The molecule has 2 aromatic carbocycles. The highest BCUT2D eigenvalue weighted by Gasteiger charge is 2.11. The van der Waals surface area contributed by atoms with Crippen LogP contribution in [0.4, 0.5) is 0 Å². The molecule has 3 rings (SSSR count). The van der Waals surface area contributed by atoms with Crippen molar-refractivity contribution in [2.75, 3.05) is 0 Å². The summed E-state index contributed by atoms with van der Waals surface area (Å²) in [6.45, 7) is 8.08. The monoisotopic (exact) mass is 290 g/mol. The zero-order valence-electron chi connectivity index (χ0n) is 12.4. The Morgan fingerprint density at radius 1 is 1.05 bits per heavy atom. The molecule has 0 aliphatic heterocycles. The molecule has 1 heteroatoms. The van der Waals surface area contributed by atoms with Crippen LogP contribution in [0.25, 0.3) is 25.7 Å². The van der Waals surface area contributed by atoms with Gasteiger partial charge in [-0.05, 0) is 36.6 Å². The fraction of sp³-hybridized carbons (Fsp3) is 0.100. The highest BCUT2D eigenvalue weighted by atomic mass is 32.1. The summed E-state index contributed by atoms with van der Waals surface area (Å²) in [6, 6.07) is 13.1. The number of benzene rings is 2. The Morgan fingerprint density at radius 2 is 1.86 bits per heavy atom. The van der Waals surface area contributed by atoms with Gasteiger partial charge in [-0.25, -0.2) is 0 Å². The molecule has 0 amide bonds. The fourth-order valence-electron chi connectivity index (χ4n) is 2.74. The molecule has 0 bridgehead atoms. The van der Waals surface area contributed by atoms with Crippen LogP contribution in [-0.2, 0) is 0 Å². The highest BCUT2D eigenvalue weighted by Crippen LogP contribution is 2.39. The molecule has 1 heterocycles. The van der Waals surface area contributed by atoms with Crippen molar-refractivity contribution >= 4 is 37.1 Å². The van der Waals surface area contributed by atoms with Crippen molar-refractivity contribution in [3.63, 3.8) is 0 Å². The molecule has 0 aliphatic rings. The van der Waals surface area contributed by atoms with Crippen LogP contribution >= 0.6 is 11.3 Å². The third-order valence-corrected chi connectivity index (χ3v) is 4.95. The quantitative estimate of drug-likeness (QED) is 0.482. The zero-order valence-corrected chi connectivity index (χ0v) is 13.2. The van der Waals surface area contributed by atoms with E-state index in [1.54, 1.807) is 6.08 Å². The second-order valence-electron chi connectivity index (χ2n) is 5.20. The number of hydrogen-bond acceptors (Lipinski definition) is 1. The minimum Gasteiger partial charge on any atom is -0.135 e. The molecule has 1 aromatic heterocycles. The zero-order chi connectivity index (χ0) is 14.8. The van der Waals surface area contributed by atoms with E-state index in [0.717, 1.165) is 0 Å². The Labute approximate surface area is 129 Å². The van der Waals surface area contributed by atoms with E-state index in [4.69, 9.17) is 0 Å². The molecular weight excluding hydrogens is 272 g/mol. The molecule has 0 fully saturated rings. The Bertz CT molecular complexity index is 875. The average Bonchev–Trinajstić information content (AvgIpc) is 2.85. The average molecular weight is 290 g/mol. The summed E-state index contributed by atoms with van der Waals surface area (Å²) < 4.78 is 2.74. The number of fused-ring (bicyclic) bond motifs is 3. The first-order valence-corrected chi connectivity index (χ1v) is 7.91. The summed E-state index contributed by atoms with van der Waals surface area (Å²) in [4.78, 5) is 0. The molecule has 0 saturated carbocycles. The maximum Gasteiger partial charge on any atom is 0.0433 e. The normalized spacial score (nSPS) is 12.6. The molecule has 21 heavy (non-hydrogen) atoms. The Hall–Kier alpha value is -2.12. The van der Waals surface area contributed by atoms with E-state index >= 15 is 0 Å². The summed E-state index contributed by atoms with van der Waals surface area (Å²) in [7, 11) is 0. The van der Waals surface area contributed by atoms with Gasteiger partial charge in [0.15, 0.2) is 0 Å². The van der Waals surface area contributed by atoms with Crippen molar-refractivity contribution < 1.29 is 0 Å². The summed E-state index contributed by atoms with van der Waals surface area (Å²) in [5.41, 5.74) is 3.99. The third kappa shape index (κ3) is 2.45. The molecule has 0 nitrogen and oxygen atoms in total. The molecule has 0 unspecified atom stereocenters. The van der Waals surface area contributed by atoms with Gasteiger partial charge >= 0.3 is 0 Å². The molecule has 0 saturated heterocycles. The van der Waals surface area contributed by atoms with Crippen LogP contribution in [0.2, 0.25) is 0 Å². The van der Waals surface area contributed by atoms with E-state index in [0.29, 0.717) is 0 Å². The standard InChI is InChI=1S/C20H18S/c1-4-5-6-9-14(2)19-15(3)12-13-17-16-10-7-8-11-18(16)21-20(17)19/h4-13H,1H2,2-3H3/b6-5-,14-9+. The lowest BCUT2D eigenvalue weighted by molar-refractivity contribution is 1.45. The SMILES string of the molecule is C=C/C=C\C=C(/C)c1c(C)ccc2c1sc1ccccc12. The molecular formula is C20H18S. The maximum atomic E-state index is 3.71. The van der Waals surface area contributed by atoms with Crippen LogP contribution in [0, 0.1) is 6.92 Å². The van der Waals surface area contributed by atoms with Gasteiger partial charge in [-0.2, -0.15) is 0 Å². The van der Waals surface area contributed by atoms with Gasteiger partial charge in [-0.1, -0.05) is 61.2 Å². The van der Waals surface area contributed by atoms with E-state index in [1.165, 1.54) is 36.9 Å². The third-order valence-electron chi connectivity index (χ3n) is 3.74. The largest absolute Gasteiger partial charge is 0.135 e. The number of aryl methyl sites for hydroxylation is 1. The number of hydrogen-bond donors (Lipinski definition) is 0. The van der Waals surface area contributed by atoms with Crippen molar-refractivity contribution in [2.45, 2.75) is 13.8 Å². The predicted octanol–water partition coefficient (Wildman–Crippen LogP) is 6.51. The number of allylic oxidation sites excluding steroid dienone is 5. The van der Waals surface area contributed by atoms with Crippen LogP contribution in [0.15, 0.2) is 67.3 Å². The first-order valence-electron chi connectivity index (χ1n) is 7.09. The van der Waals surface area contributed by atoms with Crippen LogP contribution in [0.5, 0.6) is 0 Å². The number of rotatable bonds is 3. The van der Waals surface area contributed by atoms with Crippen LogP contribution in [0.1, 0.15) is 18.1 Å². The fourth-order valence-corrected chi connectivity index (χ4v) is 4.11. The van der Waals surface area contributed by atoms with Crippen LogP contribution < -0.4 is 0 Å². The van der Waals surface area contributed by atoms with Gasteiger partial charge in [0.05, 0.1) is 0 Å². The highest BCUT2D eigenvalue weighted by molar-refractivity contribution is 7.26. The smallest absolute Gasteiger partial charge is 0.0433 e. The number of thiophene rings is 1. The van der Waals surface area contributed by atoms with Crippen molar-refractivity contribution in [3.05, 3.63) is 78.4 Å². The van der Waals surface area contributed by atoms with E-state index in [-0.39, 0.29) is 0 Å². The second-order valence-corrected chi connectivity index (χ2v) is 6.25. The first-order chi connectivity index (χ1) is 10.2. The molecule has 0 N–H and O–H groups in total. The summed E-state index contributed by atoms with van der Waals surface area (Å²) in [5.74, 6) is 0. The van der Waals surface area contributed by atoms with Crippen LogP contribution in [-0.4, -0.2) is 0 Å². The molecule has 0 aliphatic carbocycles. The van der Waals surface area contributed by atoms with Gasteiger partial charge in [0, 0.05) is 20.2 Å². The summed E-state index contributed by atoms with van der Waals surface area (Å²) >= 11 is 1.88. The van der Waals surface area contributed by atoms with Gasteiger partial charge < -0.3 is 0 Å². The van der Waals surface area contributed by atoms with E-state index < -0.39 is 0 Å². The molecule has 0 spiro atoms. The van der Waals surface area contributed by atoms with E-state index in [2.05, 4.69) is 62.9 Å². The Balaban J connectivity index is 2.30. The molecule has 0 atom stereocenters. The lowest BCUT2D eigenvalue weighted by Crippen LogP contribution is -1.85. The van der Waals surface area contributed by atoms with E-state index in [9.17, 15) is 0 Å². The van der Waals surface area contributed by atoms with Gasteiger partial charge in [-0.15, -0.1) is 11.3 Å². The second kappa shape index (κ2) is 5.71. The van der Waals surface area contributed by atoms with Crippen molar-refractivity contribution in [3.8, 4) is 0 Å². The lowest BCUT2D eigenvalue weighted by atomic mass is 9.98. The summed E-state index contributed by atoms with van der Waals surface area (Å²) in [6.07, 6.45) is 7.97. The minimum atomic E-state index is 1.29. The Morgan fingerprint density at radius 3 is 2.67 bits per heavy atom. The van der Waals surface area contributed by atoms with E-state index in [1.807, 2.05) is 23.5 Å². The summed E-state index contributed by atoms with van der Waals surface area (Å²) in [5, 5.41) is 2.71. The van der Waals surface area contributed by atoms with Gasteiger partial charge in [0.1, 0.15) is 0 Å². The van der Waals surface area contributed by atoms with Crippen molar-refractivity contribution in [2.24, 2.45) is 0 Å². The maximum absolute atomic E-state index is 3.71. The van der Waals surface area contributed by atoms with Crippen LogP contribution in [0.3, 0.4) is 0 Å². The molecule has 0 radical (unpaired) electrons. The lowest BCUT2D eigenvalue weighted by Gasteiger charge is -2.07. The topological polar surface area (TPSA) is 0 Å². The van der Waals surface area contributed by atoms with Gasteiger partial charge in [-0.3, -0.25) is 0 Å². The predicted molar refractivity (Wildman–Crippen MR) is 97.1 cm³/mol. The molecule has 3 aromatic rings. The van der Waals surface area contributed by atoms with Gasteiger partial charge in [0.25, 0.3) is 0 Å². The van der Waals surface area contributed by atoms with Crippen molar-refractivity contribution in [1.29, 1.82) is 0 Å². The molecule has 104 valence electrons. The van der Waals surface area contributed by atoms with Crippen molar-refractivity contribution in [1.82, 2.24) is 0 Å². The first kappa shape index (κ1) is 13.8. The Kier molecular flexibility index (Phi) is 3.76. The van der Waals surface area contributed by atoms with Gasteiger partial charge in [0.2, 0.25) is 0 Å².